The fourth-order valence-electron chi connectivity index (χ4n) is 1.22. The summed E-state index contributed by atoms with van der Waals surface area (Å²) in [5.74, 6) is 0.530. The van der Waals surface area contributed by atoms with Gasteiger partial charge in [-0.15, -0.1) is 0 Å². The fraction of sp³-hybridized carbons (Fsp3) is 0. The van der Waals surface area contributed by atoms with Crippen molar-refractivity contribution in [2.24, 2.45) is 0 Å². The number of hydrogen-bond donors (Lipinski definition) is 1. The summed E-state index contributed by atoms with van der Waals surface area (Å²) >= 11 is 5.77. The minimum absolute atomic E-state index is 0.161. The molecule has 4 heteroatoms. The predicted octanol–water partition coefficient (Wildman–Crippen LogP) is 2.59. The van der Waals surface area contributed by atoms with Crippen LogP contribution in [0.5, 0.6) is 0 Å². The summed E-state index contributed by atoms with van der Waals surface area (Å²) in [4.78, 5) is 17.6. The first-order chi connectivity index (χ1) is 7.74. The van der Waals surface area contributed by atoms with Gasteiger partial charge in [-0.2, -0.15) is 0 Å². The summed E-state index contributed by atoms with van der Waals surface area (Å²) in [6, 6.07) is 8.77. The van der Waals surface area contributed by atoms with Crippen molar-refractivity contribution in [3.63, 3.8) is 0 Å². The molecule has 0 saturated heterocycles. The van der Waals surface area contributed by atoms with Crippen LogP contribution in [0.15, 0.2) is 41.3 Å². The molecule has 2 aromatic rings. The molecule has 80 valence electrons. The monoisotopic (exact) mass is 232 g/mol. The van der Waals surface area contributed by atoms with Crippen LogP contribution in [0.2, 0.25) is 5.02 Å². The third-order valence-electron chi connectivity index (χ3n) is 1.99. The molecule has 2 rings (SSSR count). The molecular weight excluding hydrogens is 224 g/mol. The Morgan fingerprint density at radius 3 is 2.56 bits per heavy atom. The lowest BCUT2D eigenvalue weighted by Crippen LogP contribution is -2.05. The van der Waals surface area contributed by atoms with Gasteiger partial charge in [0.05, 0.1) is 0 Å². The Morgan fingerprint density at radius 2 is 1.88 bits per heavy atom. The molecule has 1 aromatic carbocycles. The zero-order chi connectivity index (χ0) is 11.4. The van der Waals surface area contributed by atoms with E-state index >= 15 is 0 Å². The highest BCUT2D eigenvalue weighted by atomic mass is 35.5. The van der Waals surface area contributed by atoms with Gasteiger partial charge in [-0.25, -0.2) is 4.98 Å². The Kier molecular flexibility index (Phi) is 3.17. The number of halogens is 1. The second-order valence-corrected chi connectivity index (χ2v) is 3.64. The first-order valence-electron chi connectivity index (χ1n) is 4.73. The summed E-state index contributed by atoms with van der Waals surface area (Å²) in [5.41, 5.74) is 0.835. The standard InChI is InChI=1S/C12H9ClN2O/c13-10-4-1-9(2-5-10)3-6-11-14-8-7-12(16)15-11/h1-8H,(H,14,15,16). The maximum absolute atomic E-state index is 11.0. The van der Waals surface area contributed by atoms with Gasteiger partial charge in [0.25, 0.3) is 5.56 Å². The van der Waals surface area contributed by atoms with Gasteiger partial charge in [-0.3, -0.25) is 4.79 Å². The topological polar surface area (TPSA) is 45.8 Å². The quantitative estimate of drug-likeness (QED) is 0.865. The maximum Gasteiger partial charge on any atom is 0.251 e. The highest BCUT2D eigenvalue weighted by Crippen LogP contribution is 2.11. The van der Waals surface area contributed by atoms with Crippen LogP contribution in [0.4, 0.5) is 0 Å². The van der Waals surface area contributed by atoms with Gasteiger partial charge in [0, 0.05) is 17.3 Å². The van der Waals surface area contributed by atoms with Crippen molar-refractivity contribution < 1.29 is 0 Å². The van der Waals surface area contributed by atoms with Gasteiger partial charge in [0.2, 0.25) is 0 Å². The van der Waals surface area contributed by atoms with Gasteiger partial charge in [0.1, 0.15) is 5.82 Å². The molecule has 0 amide bonds. The maximum atomic E-state index is 11.0. The molecule has 0 fully saturated rings. The molecule has 1 heterocycles. The van der Waals surface area contributed by atoms with Crippen LogP contribution in [0, 0.1) is 0 Å². The molecule has 0 unspecified atom stereocenters. The van der Waals surface area contributed by atoms with Crippen LogP contribution < -0.4 is 5.56 Å². The van der Waals surface area contributed by atoms with Crippen molar-refractivity contribution in [2.45, 2.75) is 0 Å². The van der Waals surface area contributed by atoms with E-state index in [1.54, 1.807) is 6.08 Å². The SMILES string of the molecule is O=c1ccnc(C=Cc2ccc(Cl)cc2)[nH]1. The molecule has 1 N–H and O–H groups in total. The van der Waals surface area contributed by atoms with E-state index in [2.05, 4.69) is 9.97 Å². The van der Waals surface area contributed by atoms with Crippen molar-refractivity contribution >= 4 is 23.8 Å². The number of rotatable bonds is 2. The lowest BCUT2D eigenvalue weighted by molar-refractivity contribution is 1.09. The molecule has 0 atom stereocenters. The number of hydrogen-bond acceptors (Lipinski definition) is 2. The van der Waals surface area contributed by atoms with Crippen LogP contribution in [-0.4, -0.2) is 9.97 Å². The highest BCUT2D eigenvalue weighted by molar-refractivity contribution is 6.30. The van der Waals surface area contributed by atoms with E-state index in [4.69, 9.17) is 11.6 Å². The van der Waals surface area contributed by atoms with Crippen molar-refractivity contribution in [1.29, 1.82) is 0 Å². The van der Waals surface area contributed by atoms with Crippen LogP contribution in [0.1, 0.15) is 11.4 Å². The van der Waals surface area contributed by atoms with E-state index in [9.17, 15) is 4.79 Å². The molecule has 0 saturated carbocycles. The number of aromatic amines is 1. The third-order valence-corrected chi connectivity index (χ3v) is 2.25. The third kappa shape index (κ3) is 2.81. The number of nitrogens with zero attached hydrogens (tertiary/aromatic N) is 1. The smallest absolute Gasteiger partial charge is 0.251 e. The largest absolute Gasteiger partial charge is 0.307 e. The van der Waals surface area contributed by atoms with Crippen molar-refractivity contribution in [1.82, 2.24) is 9.97 Å². The molecule has 0 spiro atoms. The van der Waals surface area contributed by atoms with E-state index in [0.29, 0.717) is 10.8 Å². The van der Waals surface area contributed by atoms with Crippen molar-refractivity contribution in [3.8, 4) is 0 Å². The van der Waals surface area contributed by atoms with Crippen LogP contribution in [0.25, 0.3) is 12.2 Å². The summed E-state index contributed by atoms with van der Waals surface area (Å²) < 4.78 is 0. The van der Waals surface area contributed by atoms with E-state index < -0.39 is 0 Å². The van der Waals surface area contributed by atoms with E-state index in [-0.39, 0.29) is 5.56 Å². The number of H-pyrrole nitrogens is 1. The second-order valence-electron chi connectivity index (χ2n) is 3.20. The normalized spacial score (nSPS) is 10.8. The zero-order valence-electron chi connectivity index (χ0n) is 8.35. The second kappa shape index (κ2) is 4.77. The Morgan fingerprint density at radius 1 is 1.12 bits per heavy atom. The molecule has 0 aliphatic heterocycles. The first kappa shape index (κ1) is 10.6. The summed E-state index contributed by atoms with van der Waals surface area (Å²) in [5, 5.41) is 0.698. The Labute approximate surface area is 97.4 Å². The van der Waals surface area contributed by atoms with Gasteiger partial charge in [-0.1, -0.05) is 29.8 Å². The van der Waals surface area contributed by atoms with Gasteiger partial charge in [-0.05, 0) is 23.8 Å². The summed E-state index contributed by atoms with van der Waals surface area (Å²) in [6.07, 6.45) is 5.07. The molecule has 0 aliphatic carbocycles. The van der Waals surface area contributed by atoms with E-state index in [0.717, 1.165) is 5.56 Å². The number of aromatic nitrogens is 2. The van der Waals surface area contributed by atoms with Gasteiger partial charge < -0.3 is 4.98 Å². The number of nitrogens with one attached hydrogen (secondary N) is 1. The lowest BCUT2D eigenvalue weighted by Gasteiger charge is -1.94. The van der Waals surface area contributed by atoms with Gasteiger partial charge >= 0.3 is 0 Å². The lowest BCUT2D eigenvalue weighted by atomic mass is 10.2. The number of benzene rings is 1. The molecule has 3 nitrogen and oxygen atoms in total. The molecular formula is C12H9ClN2O. The average molecular weight is 233 g/mol. The summed E-state index contributed by atoms with van der Waals surface area (Å²) in [7, 11) is 0. The molecule has 16 heavy (non-hydrogen) atoms. The molecule has 0 bridgehead atoms. The van der Waals surface area contributed by atoms with E-state index in [1.807, 2.05) is 30.3 Å². The van der Waals surface area contributed by atoms with Crippen LogP contribution in [0.3, 0.4) is 0 Å². The predicted molar refractivity (Wildman–Crippen MR) is 65.2 cm³/mol. The van der Waals surface area contributed by atoms with Crippen LogP contribution in [-0.2, 0) is 0 Å². The minimum atomic E-state index is -0.161. The molecule has 0 radical (unpaired) electrons. The van der Waals surface area contributed by atoms with E-state index in [1.165, 1.54) is 12.3 Å². The Bertz CT molecular complexity index is 558. The van der Waals surface area contributed by atoms with Crippen molar-refractivity contribution in [3.05, 3.63) is 63.3 Å². The van der Waals surface area contributed by atoms with Crippen LogP contribution >= 0.6 is 11.6 Å². The zero-order valence-corrected chi connectivity index (χ0v) is 9.11. The van der Waals surface area contributed by atoms with Gasteiger partial charge in [0.15, 0.2) is 0 Å². The fourth-order valence-corrected chi connectivity index (χ4v) is 1.35. The first-order valence-corrected chi connectivity index (χ1v) is 5.11. The Balaban J connectivity index is 2.21. The molecule has 1 aromatic heterocycles. The van der Waals surface area contributed by atoms with Crippen molar-refractivity contribution in [2.75, 3.05) is 0 Å². The average Bonchev–Trinajstić information content (AvgIpc) is 2.28. The molecule has 0 aliphatic rings. The summed E-state index contributed by atoms with van der Waals surface area (Å²) in [6.45, 7) is 0. The highest BCUT2D eigenvalue weighted by Gasteiger charge is 1.90. The Hall–Kier alpha value is -1.87. The minimum Gasteiger partial charge on any atom is -0.307 e.